The molecule has 0 radical (unpaired) electrons. The monoisotopic (exact) mass is 304 g/mol. The predicted octanol–water partition coefficient (Wildman–Crippen LogP) is 3.02. The lowest BCUT2D eigenvalue weighted by Gasteiger charge is -2.21. The summed E-state index contributed by atoms with van der Waals surface area (Å²) in [5.74, 6) is 0. The zero-order chi connectivity index (χ0) is 15.8. The summed E-state index contributed by atoms with van der Waals surface area (Å²) >= 11 is 0. The molecule has 0 amide bonds. The molecule has 112 valence electrons. The molecular formula is C16H20N2O2S. The van der Waals surface area contributed by atoms with Crippen molar-refractivity contribution >= 4 is 21.4 Å². The Hall–Kier alpha value is -2.01. The number of sulfonamides is 1. The van der Waals surface area contributed by atoms with Gasteiger partial charge in [-0.25, -0.2) is 8.42 Å². The molecule has 0 aliphatic rings. The standard InChI is InChI=1S/C16H20N2O2S/c1-11-5-7-15(8-6-11)18(4)21(19,20)16-10-14(17)9-12(2)13(16)3/h5-10H,17H2,1-4H3. The fourth-order valence-corrected chi connectivity index (χ4v) is 3.69. The molecule has 0 spiro atoms. The van der Waals surface area contributed by atoms with Gasteiger partial charge in [0.25, 0.3) is 10.0 Å². The van der Waals surface area contributed by atoms with Crippen LogP contribution in [0.3, 0.4) is 0 Å². The highest BCUT2D eigenvalue weighted by molar-refractivity contribution is 7.92. The van der Waals surface area contributed by atoms with Gasteiger partial charge in [0.15, 0.2) is 0 Å². The summed E-state index contributed by atoms with van der Waals surface area (Å²) < 4.78 is 26.9. The van der Waals surface area contributed by atoms with Gasteiger partial charge in [-0.3, -0.25) is 4.31 Å². The molecule has 0 aromatic heterocycles. The fourth-order valence-electron chi connectivity index (χ4n) is 2.16. The van der Waals surface area contributed by atoms with Crippen molar-refractivity contribution in [3.63, 3.8) is 0 Å². The number of rotatable bonds is 3. The summed E-state index contributed by atoms with van der Waals surface area (Å²) in [5.41, 5.74) is 9.55. The summed E-state index contributed by atoms with van der Waals surface area (Å²) in [5, 5.41) is 0. The van der Waals surface area contributed by atoms with Crippen molar-refractivity contribution in [3.8, 4) is 0 Å². The summed E-state index contributed by atoms with van der Waals surface area (Å²) in [6, 6.07) is 10.7. The highest BCUT2D eigenvalue weighted by Crippen LogP contribution is 2.27. The number of hydrogen-bond donors (Lipinski definition) is 1. The first-order valence-electron chi connectivity index (χ1n) is 6.66. The minimum atomic E-state index is -3.63. The van der Waals surface area contributed by atoms with Crippen LogP contribution in [0.25, 0.3) is 0 Å². The normalized spacial score (nSPS) is 11.4. The van der Waals surface area contributed by atoms with E-state index in [9.17, 15) is 8.42 Å². The largest absolute Gasteiger partial charge is 0.399 e. The van der Waals surface area contributed by atoms with Crippen LogP contribution in [0.1, 0.15) is 16.7 Å². The van der Waals surface area contributed by atoms with Crippen LogP contribution in [0.15, 0.2) is 41.3 Å². The van der Waals surface area contributed by atoms with Crippen molar-refractivity contribution in [3.05, 3.63) is 53.1 Å². The molecule has 2 rings (SSSR count). The van der Waals surface area contributed by atoms with Gasteiger partial charge >= 0.3 is 0 Å². The lowest BCUT2D eigenvalue weighted by molar-refractivity contribution is 0.593. The molecule has 2 aromatic rings. The molecule has 5 heteroatoms. The lowest BCUT2D eigenvalue weighted by atomic mass is 10.1. The van der Waals surface area contributed by atoms with E-state index in [1.165, 1.54) is 10.4 Å². The lowest BCUT2D eigenvalue weighted by Crippen LogP contribution is -2.27. The molecule has 4 nitrogen and oxygen atoms in total. The van der Waals surface area contributed by atoms with Crippen LogP contribution in [-0.2, 0) is 10.0 Å². The summed E-state index contributed by atoms with van der Waals surface area (Å²) in [6.45, 7) is 5.62. The Labute approximate surface area is 126 Å². The van der Waals surface area contributed by atoms with Crippen molar-refractivity contribution < 1.29 is 8.42 Å². The van der Waals surface area contributed by atoms with E-state index in [1.807, 2.05) is 26.0 Å². The first-order chi connectivity index (χ1) is 9.73. The Bertz CT molecular complexity index is 766. The van der Waals surface area contributed by atoms with Gasteiger partial charge in [0.1, 0.15) is 0 Å². The Morgan fingerprint density at radius 3 is 2.14 bits per heavy atom. The number of hydrogen-bond acceptors (Lipinski definition) is 3. The van der Waals surface area contributed by atoms with E-state index in [1.54, 1.807) is 32.2 Å². The van der Waals surface area contributed by atoms with Gasteiger partial charge in [-0.05, 0) is 56.2 Å². The molecular weight excluding hydrogens is 284 g/mol. The highest BCUT2D eigenvalue weighted by Gasteiger charge is 2.24. The number of benzene rings is 2. The zero-order valence-corrected chi connectivity index (χ0v) is 13.5. The maximum atomic E-state index is 12.8. The third-order valence-corrected chi connectivity index (χ3v) is 5.59. The molecule has 0 saturated carbocycles. The molecule has 2 aromatic carbocycles. The van der Waals surface area contributed by atoms with Crippen LogP contribution in [0.4, 0.5) is 11.4 Å². The molecule has 2 N–H and O–H groups in total. The zero-order valence-electron chi connectivity index (χ0n) is 12.7. The summed E-state index contributed by atoms with van der Waals surface area (Å²) in [7, 11) is -2.07. The third kappa shape index (κ3) is 2.88. The predicted molar refractivity (Wildman–Crippen MR) is 87.1 cm³/mol. The van der Waals surface area contributed by atoms with Crippen LogP contribution in [0.5, 0.6) is 0 Å². The Kier molecular flexibility index (Phi) is 3.96. The van der Waals surface area contributed by atoms with Crippen molar-refractivity contribution in [1.29, 1.82) is 0 Å². The van der Waals surface area contributed by atoms with E-state index in [0.29, 0.717) is 11.4 Å². The number of nitrogen functional groups attached to an aromatic ring is 1. The van der Waals surface area contributed by atoms with Crippen LogP contribution in [0, 0.1) is 20.8 Å². The Morgan fingerprint density at radius 2 is 1.57 bits per heavy atom. The van der Waals surface area contributed by atoms with Crippen LogP contribution in [-0.4, -0.2) is 15.5 Å². The van der Waals surface area contributed by atoms with Crippen molar-refractivity contribution in [2.75, 3.05) is 17.1 Å². The molecule has 0 bridgehead atoms. The maximum absolute atomic E-state index is 12.8. The smallest absolute Gasteiger partial charge is 0.264 e. The summed E-state index contributed by atoms with van der Waals surface area (Å²) in [4.78, 5) is 0.253. The van der Waals surface area contributed by atoms with E-state index in [-0.39, 0.29) is 4.90 Å². The van der Waals surface area contributed by atoms with E-state index < -0.39 is 10.0 Å². The molecule has 0 atom stereocenters. The van der Waals surface area contributed by atoms with E-state index in [2.05, 4.69) is 0 Å². The van der Waals surface area contributed by atoms with Crippen molar-refractivity contribution in [2.45, 2.75) is 25.7 Å². The number of anilines is 2. The molecule has 0 heterocycles. The average molecular weight is 304 g/mol. The Morgan fingerprint density at radius 1 is 1.00 bits per heavy atom. The minimum Gasteiger partial charge on any atom is -0.399 e. The van der Waals surface area contributed by atoms with Gasteiger partial charge in [-0.15, -0.1) is 0 Å². The average Bonchev–Trinajstić information content (AvgIpc) is 2.42. The number of aryl methyl sites for hydroxylation is 2. The first kappa shape index (κ1) is 15.4. The molecule has 0 fully saturated rings. The van der Waals surface area contributed by atoms with Gasteiger partial charge in [0.2, 0.25) is 0 Å². The molecule has 0 unspecified atom stereocenters. The Balaban J connectivity index is 2.54. The fraction of sp³-hybridized carbons (Fsp3) is 0.250. The minimum absolute atomic E-state index is 0.253. The summed E-state index contributed by atoms with van der Waals surface area (Å²) in [6.07, 6.45) is 0. The number of nitrogens with two attached hydrogens (primary N) is 1. The molecule has 0 aliphatic heterocycles. The van der Waals surface area contributed by atoms with E-state index in [0.717, 1.165) is 16.7 Å². The second kappa shape index (κ2) is 5.41. The van der Waals surface area contributed by atoms with Gasteiger partial charge in [0.05, 0.1) is 10.6 Å². The van der Waals surface area contributed by atoms with Crippen molar-refractivity contribution in [1.82, 2.24) is 0 Å². The van der Waals surface area contributed by atoms with Gasteiger partial charge in [-0.2, -0.15) is 0 Å². The van der Waals surface area contributed by atoms with Crippen LogP contribution in [0.2, 0.25) is 0 Å². The van der Waals surface area contributed by atoms with E-state index >= 15 is 0 Å². The molecule has 21 heavy (non-hydrogen) atoms. The van der Waals surface area contributed by atoms with Crippen LogP contribution < -0.4 is 10.0 Å². The highest BCUT2D eigenvalue weighted by atomic mass is 32.2. The topological polar surface area (TPSA) is 63.4 Å². The second-order valence-corrected chi connectivity index (χ2v) is 7.21. The van der Waals surface area contributed by atoms with Crippen LogP contribution >= 0.6 is 0 Å². The second-order valence-electron chi connectivity index (χ2n) is 5.27. The van der Waals surface area contributed by atoms with Gasteiger partial charge in [0, 0.05) is 12.7 Å². The quantitative estimate of drug-likeness (QED) is 0.887. The first-order valence-corrected chi connectivity index (χ1v) is 8.10. The van der Waals surface area contributed by atoms with Gasteiger partial charge in [-0.1, -0.05) is 17.7 Å². The molecule has 0 aliphatic carbocycles. The maximum Gasteiger partial charge on any atom is 0.264 e. The SMILES string of the molecule is Cc1ccc(N(C)S(=O)(=O)c2cc(N)cc(C)c2C)cc1. The number of nitrogens with zero attached hydrogens (tertiary/aromatic N) is 1. The van der Waals surface area contributed by atoms with Gasteiger partial charge < -0.3 is 5.73 Å². The molecule has 0 saturated heterocycles. The third-order valence-electron chi connectivity index (χ3n) is 3.68. The van der Waals surface area contributed by atoms with Crippen molar-refractivity contribution in [2.24, 2.45) is 0 Å². The van der Waals surface area contributed by atoms with E-state index in [4.69, 9.17) is 5.73 Å².